The molecule has 17 heavy (non-hydrogen) atoms. The van der Waals surface area contributed by atoms with Crippen LogP contribution in [0.5, 0.6) is 0 Å². The molecule has 0 saturated carbocycles. The highest BCUT2D eigenvalue weighted by molar-refractivity contribution is 5.66. The molecule has 3 fully saturated rings. The lowest BCUT2D eigenvalue weighted by Crippen LogP contribution is -2.53. The molecule has 2 unspecified atom stereocenters. The summed E-state index contributed by atoms with van der Waals surface area (Å²) in [5.41, 5.74) is 0. The lowest BCUT2D eigenvalue weighted by atomic mass is 9.94. The number of hydrogen-bond acceptors (Lipinski definition) is 2. The summed E-state index contributed by atoms with van der Waals surface area (Å²) in [6.07, 6.45) is 7.64. The van der Waals surface area contributed by atoms with E-state index in [2.05, 4.69) is 4.90 Å². The minimum absolute atomic E-state index is 0.304. The van der Waals surface area contributed by atoms with Gasteiger partial charge in [0.25, 0.3) is 0 Å². The van der Waals surface area contributed by atoms with Gasteiger partial charge in [0.1, 0.15) is 0 Å². The number of hydrogen-bond donors (Lipinski definition) is 1. The van der Waals surface area contributed by atoms with Gasteiger partial charge in [0.15, 0.2) is 0 Å². The Morgan fingerprint density at radius 2 is 1.53 bits per heavy atom. The first-order chi connectivity index (χ1) is 8.25. The molecule has 0 aromatic heterocycles. The van der Waals surface area contributed by atoms with Crippen molar-refractivity contribution < 1.29 is 9.90 Å². The minimum atomic E-state index is -0.699. The first-order valence-corrected chi connectivity index (χ1v) is 7.01. The Morgan fingerprint density at radius 3 is 2.06 bits per heavy atom. The van der Waals surface area contributed by atoms with Crippen LogP contribution < -0.4 is 0 Å². The van der Waals surface area contributed by atoms with Gasteiger partial charge in [-0.05, 0) is 51.6 Å². The van der Waals surface area contributed by atoms with Crippen LogP contribution in [0, 0.1) is 0 Å². The van der Waals surface area contributed by atoms with Gasteiger partial charge in [-0.1, -0.05) is 6.42 Å². The zero-order valence-corrected chi connectivity index (χ0v) is 10.3. The van der Waals surface area contributed by atoms with Crippen molar-refractivity contribution >= 4 is 6.09 Å². The average molecular weight is 238 g/mol. The van der Waals surface area contributed by atoms with Crippen molar-refractivity contribution in [3.05, 3.63) is 0 Å². The molecular formula is C13H22N2O2. The van der Waals surface area contributed by atoms with E-state index in [9.17, 15) is 9.90 Å². The topological polar surface area (TPSA) is 43.8 Å². The van der Waals surface area contributed by atoms with Gasteiger partial charge in [0.05, 0.1) is 0 Å². The summed E-state index contributed by atoms with van der Waals surface area (Å²) in [5.74, 6) is 0. The number of piperidine rings is 2. The van der Waals surface area contributed by atoms with Gasteiger partial charge in [0, 0.05) is 18.1 Å². The van der Waals surface area contributed by atoms with Gasteiger partial charge < -0.3 is 14.9 Å². The maximum atomic E-state index is 11.2. The SMILES string of the molecule is O=C(O)N1C2CCC1CC(N1CCCCC1)C2. The molecule has 0 aromatic rings. The van der Waals surface area contributed by atoms with Crippen molar-refractivity contribution in [1.29, 1.82) is 0 Å². The number of fused-ring (bicyclic) bond motifs is 2. The molecule has 1 amide bonds. The van der Waals surface area contributed by atoms with Crippen molar-refractivity contribution in [3.8, 4) is 0 Å². The number of rotatable bonds is 1. The largest absolute Gasteiger partial charge is 0.465 e. The summed E-state index contributed by atoms with van der Waals surface area (Å²) in [5, 5.41) is 9.23. The van der Waals surface area contributed by atoms with E-state index in [0.29, 0.717) is 18.1 Å². The summed E-state index contributed by atoms with van der Waals surface area (Å²) in [6.45, 7) is 2.47. The van der Waals surface area contributed by atoms with Gasteiger partial charge in [-0.15, -0.1) is 0 Å². The molecule has 3 heterocycles. The van der Waals surface area contributed by atoms with Crippen LogP contribution in [0.15, 0.2) is 0 Å². The first-order valence-electron chi connectivity index (χ1n) is 7.01. The predicted octanol–water partition coefficient (Wildman–Crippen LogP) is 2.15. The molecule has 4 nitrogen and oxygen atoms in total. The molecule has 3 rings (SSSR count). The van der Waals surface area contributed by atoms with E-state index in [-0.39, 0.29) is 0 Å². The Balaban J connectivity index is 1.66. The molecule has 2 atom stereocenters. The van der Waals surface area contributed by atoms with Gasteiger partial charge in [-0.3, -0.25) is 0 Å². The zero-order chi connectivity index (χ0) is 11.8. The normalized spacial score (nSPS) is 38.4. The van der Waals surface area contributed by atoms with Gasteiger partial charge in [0.2, 0.25) is 0 Å². The first kappa shape index (κ1) is 11.3. The molecule has 0 aliphatic carbocycles. The van der Waals surface area contributed by atoms with E-state index < -0.39 is 6.09 Å². The fourth-order valence-electron chi connectivity index (χ4n) is 4.04. The monoisotopic (exact) mass is 238 g/mol. The van der Waals surface area contributed by atoms with Crippen molar-refractivity contribution in [2.75, 3.05) is 13.1 Å². The van der Waals surface area contributed by atoms with Crippen LogP contribution in [-0.4, -0.2) is 52.2 Å². The number of carboxylic acid groups (broad SMARTS) is 1. The van der Waals surface area contributed by atoms with E-state index in [1.807, 2.05) is 0 Å². The van der Waals surface area contributed by atoms with E-state index in [1.54, 1.807) is 4.90 Å². The molecule has 3 aliphatic rings. The van der Waals surface area contributed by atoms with E-state index >= 15 is 0 Å². The lowest BCUT2D eigenvalue weighted by Gasteiger charge is -2.43. The van der Waals surface area contributed by atoms with Crippen LogP contribution in [0.2, 0.25) is 0 Å². The zero-order valence-electron chi connectivity index (χ0n) is 10.3. The van der Waals surface area contributed by atoms with Gasteiger partial charge in [-0.2, -0.15) is 0 Å². The highest BCUT2D eigenvalue weighted by atomic mass is 16.4. The van der Waals surface area contributed by atoms with Crippen LogP contribution in [0.4, 0.5) is 4.79 Å². The Hall–Kier alpha value is -0.770. The molecule has 0 spiro atoms. The number of nitrogens with zero attached hydrogens (tertiary/aromatic N) is 2. The molecule has 96 valence electrons. The fraction of sp³-hybridized carbons (Fsp3) is 0.923. The number of carbonyl (C=O) groups is 1. The third-order valence-corrected chi connectivity index (χ3v) is 4.84. The van der Waals surface area contributed by atoms with Crippen LogP contribution >= 0.6 is 0 Å². The van der Waals surface area contributed by atoms with Crippen LogP contribution in [-0.2, 0) is 0 Å². The van der Waals surface area contributed by atoms with Crippen LogP contribution in [0.3, 0.4) is 0 Å². The fourth-order valence-corrected chi connectivity index (χ4v) is 4.04. The molecule has 3 aliphatic heterocycles. The Bertz CT molecular complexity index is 288. The van der Waals surface area contributed by atoms with Crippen LogP contribution in [0.25, 0.3) is 0 Å². The van der Waals surface area contributed by atoms with Crippen LogP contribution in [0.1, 0.15) is 44.9 Å². The second-order valence-electron chi connectivity index (χ2n) is 5.80. The smallest absolute Gasteiger partial charge is 0.407 e. The van der Waals surface area contributed by atoms with E-state index in [4.69, 9.17) is 0 Å². The lowest BCUT2D eigenvalue weighted by molar-refractivity contribution is 0.0493. The van der Waals surface area contributed by atoms with Gasteiger partial charge in [-0.25, -0.2) is 4.79 Å². The Morgan fingerprint density at radius 1 is 0.941 bits per heavy atom. The summed E-state index contributed by atoms with van der Waals surface area (Å²) in [7, 11) is 0. The van der Waals surface area contributed by atoms with Gasteiger partial charge >= 0.3 is 6.09 Å². The molecule has 3 saturated heterocycles. The molecule has 0 radical (unpaired) electrons. The highest BCUT2D eigenvalue weighted by Crippen LogP contribution is 2.38. The third kappa shape index (κ3) is 2.03. The molecule has 1 N–H and O–H groups in total. The maximum absolute atomic E-state index is 11.2. The second-order valence-corrected chi connectivity index (χ2v) is 5.80. The number of likely N-dealkylation sites (tertiary alicyclic amines) is 1. The quantitative estimate of drug-likeness (QED) is 0.761. The van der Waals surface area contributed by atoms with Crippen molar-refractivity contribution in [2.45, 2.75) is 63.1 Å². The Labute approximate surface area is 103 Å². The summed E-state index contributed by atoms with van der Waals surface area (Å²) >= 11 is 0. The maximum Gasteiger partial charge on any atom is 0.407 e. The number of amides is 1. The van der Waals surface area contributed by atoms with Crippen molar-refractivity contribution in [2.24, 2.45) is 0 Å². The summed E-state index contributed by atoms with van der Waals surface area (Å²) < 4.78 is 0. The van der Waals surface area contributed by atoms with Crippen molar-refractivity contribution in [1.82, 2.24) is 9.80 Å². The molecule has 0 aromatic carbocycles. The van der Waals surface area contributed by atoms with E-state index in [0.717, 1.165) is 25.7 Å². The highest BCUT2D eigenvalue weighted by Gasteiger charge is 2.44. The Kier molecular flexibility index (Phi) is 2.99. The molecule has 2 bridgehead atoms. The summed E-state index contributed by atoms with van der Waals surface area (Å²) in [6, 6.07) is 1.26. The summed E-state index contributed by atoms with van der Waals surface area (Å²) in [4.78, 5) is 15.6. The standard InChI is InChI=1S/C13H22N2O2/c16-13(17)15-10-4-5-11(15)9-12(8-10)14-6-2-1-3-7-14/h10-12H,1-9H2,(H,16,17). The van der Waals surface area contributed by atoms with E-state index in [1.165, 1.54) is 32.4 Å². The predicted molar refractivity (Wildman–Crippen MR) is 65.1 cm³/mol. The third-order valence-electron chi connectivity index (χ3n) is 4.84. The molecule has 4 heteroatoms. The average Bonchev–Trinajstić information content (AvgIpc) is 2.62. The molecular weight excluding hydrogens is 216 g/mol. The minimum Gasteiger partial charge on any atom is -0.465 e. The second kappa shape index (κ2) is 4.48. The van der Waals surface area contributed by atoms with Crippen molar-refractivity contribution in [3.63, 3.8) is 0 Å².